The average Bonchev–Trinajstić information content (AvgIpc) is 2.72. The lowest BCUT2D eigenvalue weighted by atomic mass is 9.91. The van der Waals surface area contributed by atoms with E-state index in [0.29, 0.717) is 43.5 Å². The van der Waals surface area contributed by atoms with Gasteiger partial charge in [0.1, 0.15) is 11.5 Å². The number of nitrogen functional groups attached to an aromatic ring is 1. The summed E-state index contributed by atoms with van der Waals surface area (Å²) in [5.74, 6) is 0.946. The lowest BCUT2D eigenvalue weighted by molar-refractivity contribution is -0.130. The highest BCUT2D eigenvalue weighted by Crippen LogP contribution is 2.23. The van der Waals surface area contributed by atoms with Crippen LogP contribution in [0.1, 0.15) is 41.7 Å². The Labute approximate surface area is 166 Å². The second kappa shape index (κ2) is 9.35. The highest BCUT2D eigenvalue weighted by Gasteiger charge is 2.25. The summed E-state index contributed by atoms with van der Waals surface area (Å²) in [6, 6.07) is 15.1. The number of anilines is 1. The number of hydrogen-bond acceptors (Lipinski definition) is 4. The van der Waals surface area contributed by atoms with Crippen molar-refractivity contribution in [3.05, 3.63) is 59.8 Å². The molecule has 2 N–H and O–H groups in total. The maximum absolute atomic E-state index is 12.5. The number of likely N-dealkylation sites (tertiary alicyclic amines) is 1. The van der Waals surface area contributed by atoms with Gasteiger partial charge in [-0.2, -0.15) is 0 Å². The van der Waals surface area contributed by atoms with Gasteiger partial charge in [0.2, 0.25) is 5.91 Å². The van der Waals surface area contributed by atoms with Gasteiger partial charge in [-0.25, -0.2) is 4.98 Å². The molecule has 6 nitrogen and oxygen atoms in total. The number of carbonyl (C=O) groups excluding carboxylic acids is 2. The van der Waals surface area contributed by atoms with Crippen molar-refractivity contribution in [2.75, 3.05) is 25.9 Å². The molecule has 0 aliphatic carbocycles. The van der Waals surface area contributed by atoms with E-state index in [1.165, 1.54) is 0 Å². The molecule has 28 heavy (non-hydrogen) atoms. The van der Waals surface area contributed by atoms with Crippen molar-refractivity contribution in [3.63, 3.8) is 0 Å². The summed E-state index contributed by atoms with van der Waals surface area (Å²) in [7, 11) is 1.86. The standard InChI is InChI=1S/C22H28N4O2/c1-25(16-18-6-3-2-4-7-18)21(27)11-10-17-12-14-26(15-13-17)22(28)19-8-5-9-20(23)24-19/h2-9,17H,10-16H2,1H3,(H2,23,24). The quantitative estimate of drug-likeness (QED) is 0.836. The lowest BCUT2D eigenvalue weighted by Crippen LogP contribution is -2.39. The first kappa shape index (κ1) is 19.9. The van der Waals surface area contributed by atoms with Crippen molar-refractivity contribution >= 4 is 17.6 Å². The zero-order valence-corrected chi connectivity index (χ0v) is 16.4. The topological polar surface area (TPSA) is 79.5 Å². The summed E-state index contributed by atoms with van der Waals surface area (Å²) in [5, 5.41) is 0. The summed E-state index contributed by atoms with van der Waals surface area (Å²) in [6.45, 7) is 2.04. The van der Waals surface area contributed by atoms with Gasteiger partial charge in [-0.3, -0.25) is 9.59 Å². The first-order valence-corrected chi connectivity index (χ1v) is 9.82. The number of amides is 2. The monoisotopic (exact) mass is 380 g/mol. The van der Waals surface area contributed by atoms with E-state index in [-0.39, 0.29) is 11.8 Å². The van der Waals surface area contributed by atoms with Crippen LogP contribution in [0.15, 0.2) is 48.5 Å². The fourth-order valence-corrected chi connectivity index (χ4v) is 3.62. The van der Waals surface area contributed by atoms with Crippen molar-refractivity contribution in [1.82, 2.24) is 14.8 Å². The average molecular weight is 380 g/mol. The van der Waals surface area contributed by atoms with Gasteiger partial charge in [-0.05, 0) is 42.9 Å². The number of pyridine rings is 1. The highest BCUT2D eigenvalue weighted by atomic mass is 16.2. The van der Waals surface area contributed by atoms with E-state index in [1.807, 2.05) is 42.3 Å². The molecule has 0 radical (unpaired) electrons. The van der Waals surface area contributed by atoms with E-state index in [9.17, 15) is 9.59 Å². The summed E-state index contributed by atoms with van der Waals surface area (Å²) in [4.78, 5) is 32.7. The van der Waals surface area contributed by atoms with E-state index in [1.54, 1.807) is 23.1 Å². The molecule has 1 fully saturated rings. The molecule has 1 aromatic carbocycles. The third-order valence-corrected chi connectivity index (χ3v) is 5.35. The Hall–Kier alpha value is -2.89. The van der Waals surface area contributed by atoms with E-state index in [4.69, 9.17) is 5.73 Å². The van der Waals surface area contributed by atoms with Crippen LogP contribution in [0.25, 0.3) is 0 Å². The Balaban J connectivity index is 1.41. The first-order chi connectivity index (χ1) is 13.5. The number of nitrogens with zero attached hydrogens (tertiary/aromatic N) is 3. The van der Waals surface area contributed by atoms with Crippen LogP contribution in [0.2, 0.25) is 0 Å². The molecule has 1 aliphatic rings. The molecule has 1 aromatic heterocycles. The molecule has 0 bridgehead atoms. The van der Waals surface area contributed by atoms with E-state index in [2.05, 4.69) is 4.98 Å². The molecule has 2 heterocycles. The van der Waals surface area contributed by atoms with Crippen molar-refractivity contribution in [1.29, 1.82) is 0 Å². The molecule has 148 valence electrons. The Morgan fingerprint density at radius 1 is 1.11 bits per heavy atom. The summed E-state index contributed by atoms with van der Waals surface area (Å²) in [5.41, 5.74) is 7.21. The SMILES string of the molecule is CN(Cc1ccccc1)C(=O)CCC1CCN(C(=O)c2cccc(N)n2)CC1. The number of aromatic nitrogens is 1. The molecule has 0 saturated carbocycles. The van der Waals surface area contributed by atoms with E-state index < -0.39 is 0 Å². The molecular formula is C22H28N4O2. The number of nitrogens with two attached hydrogens (primary N) is 1. The van der Waals surface area contributed by atoms with Crippen molar-refractivity contribution in [3.8, 4) is 0 Å². The van der Waals surface area contributed by atoms with Gasteiger partial charge >= 0.3 is 0 Å². The molecule has 1 aliphatic heterocycles. The Kier molecular flexibility index (Phi) is 6.63. The fraction of sp³-hybridized carbons (Fsp3) is 0.409. The predicted octanol–water partition coefficient (Wildman–Crippen LogP) is 2.95. The molecule has 2 amide bonds. The minimum absolute atomic E-state index is 0.0654. The zero-order chi connectivity index (χ0) is 19.9. The van der Waals surface area contributed by atoms with Crippen molar-refractivity contribution in [2.45, 2.75) is 32.2 Å². The van der Waals surface area contributed by atoms with Crippen LogP contribution < -0.4 is 5.73 Å². The smallest absolute Gasteiger partial charge is 0.272 e. The summed E-state index contributed by atoms with van der Waals surface area (Å²) >= 11 is 0. The van der Waals surface area contributed by atoms with Crippen molar-refractivity contribution < 1.29 is 9.59 Å². The van der Waals surface area contributed by atoms with Crippen LogP contribution in [0.3, 0.4) is 0 Å². The summed E-state index contributed by atoms with van der Waals surface area (Å²) < 4.78 is 0. The first-order valence-electron chi connectivity index (χ1n) is 9.82. The van der Waals surface area contributed by atoms with Gasteiger partial charge in [0.05, 0.1) is 0 Å². The second-order valence-corrected chi connectivity index (χ2v) is 7.46. The molecule has 0 atom stereocenters. The normalized spacial score (nSPS) is 14.7. The van der Waals surface area contributed by atoms with E-state index >= 15 is 0 Å². The molecule has 6 heteroatoms. The zero-order valence-electron chi connectivity index (χ0n) is 16.4. The van der Waals surface area contributed by atoms with Gasteiger partial charge in [0.15, 0.2) is 0 Å². The van der Waals surface area contributed by atoms with Crippen LogP contribution in [0.4, 0.5) is 5.82 Å². The van der Waals surface area contributed by atoms with Gasteiger partial charge in [-0.1, -0.05) is 36.4 Å². The second-order valence-electron chi connectivity index (χ2n) is 7.46. The molecule has 3 rings (SSSR count). The van der Waals surface area contributed by atoms with Crippen molar-refractivity contribution in [2.24, 2.45) is 5.92 Å². The van der Waals surface area contributed by atoms with Gasteiger partial charge in [0, 0.05) is 33.1 Å². The Morgan fingerprint density at radius 3 is 2.50 bits per heavy atom. The minimum Gasteiger partial charge on any atom is -0.384 e. The Bertz CT molecular complexity index is 801. The largest absolute Gasteiger partial charge is 0.384 e. The number of benzene rings is 1. The molecule has 0 unspecified atom stereocenters. The maximum atomic E-state index is 12.5. The third-order valence-electron chi connectivity index (χ3n) is 5.35. The number of rotatable bonds is 6. The van der Waals surface area contributed by atoms with Crippen LogP contribution in [-0.4, -0.2) is 46.7 Å². The Morgan fingerprint density at radius 2 is 1.82 bits per heavy atom. The lowest BCUT2D eigenvalue weighted by Gasteiger charge is -2.32. The van der Waals surface area contributed by atoms with Crippen LogP contribution in [0.5, 0.6) is 0 Å². The molecule has 2 aromatic rings. The summed E-state index contributed by atoms with van der Waals surface area (Å²) in [6.07, 6.45) is 3.27. The van der Waals surface area contributed by atoms with Crippen LogP contribution in [-0.2, 0) is 11.3 Å². The number of carbonyl (C=O) groups is 2. The fourth-order valence-electron chi connectivity index (χ4n) is 3.62. The van der Waals surface area contributed by atoms with Crippen LogP contribution in [0, 0.1) is 5.92 Å². The predicted molar refractivity (Wildman–Crippen MR) is 109 cm³/mol. The highest BCUT2D eigenvalue weighted by molar-refractivity contribution is 5.92. The number of hydrogen-bond donors (Lipinski definition) is 1. The minimum atomic E-state index is -0.0654. The molecule has 1 saturated heterocycles. The number of piperidine rings is 1. The maximum Gasteiger partial charge on any atom is 0.272 e. The molecular weight excluding hydrogens is 352 g/mol. The van der Waals surface area contributed by atoms with Crippen LogP contribution >= 0.6 is 0 Å². The third kappa shape index (κ3) is 5.31. The van der Waals surface area contributed by atoms with Gasteiger partial charge in [0.25, 0.3) is 5.91 Å². The van der Waals surface area contributed by atoms with Gasteiger partial charge < -0.3 is 15.5 Å². The van der Waals surface area contributed by atoms with Gasteiger partial charge in [-0.15, -0.1) is 0 Å². The molecule has 0 spiro atoms. The van der Waals surface area contributed by atoms with E-state index in [0.717, 1.165) is 24.8 Å².